The maximum Gasteiger partial charge on any atom is 0.323 e. The zero-order valence-electron chi connectivity index (χ0n) is 19.1. The molecule has 2 atom stereocenters. The third kappa shape index (κ3) is 6.01. The van der Waals surface area contributed by atoms with Crippen molar-refractivity contribution in [2.45, 2.75) is 45.1 Å². The van der Waals surface area contributed by atoms with Crippen LogP contribution in [0, 0.1) is 12.8 Å². The molecule has 1 saturated carbocycles. The van der Waals surface area contributed by atoms with Gasteiger partial charge in [-0.1, -0.05) is 61.0 Å². The number of benzene rings is 3. The third-order valence-electron chi connectivity index (χ3n) is 6.01. The van der Waals surface area contributed by atoms with Gasteiger partial charge in [-0.15, -0.1) is 0 Å². The summed E-state index contributed by atoms with van der Waals surface area (Å²) in [4.78, 5) is 23.8. The van der Waals surface area contributed by atoms with Gasteiger partial charge in [0.1, 0.15) is 18.1 Å². The van der Waals surface area contributed by atoms with Gasteiger partial charge >= 0.3 is 6.03 Å². The van der Waals surface area contributed by atoms with Gasteiger partial charge in [-0.3, -0.25) is 0 Å². The van der Waals surface area contributed by atoms with E-state index >= 15 is 0 Å². The summed E-state index contributed by atoms with van der Waals surface area (Å²) in [5.41, 5.74) is 4.54. The number of aldehydes is 1. The lowest BCUT2D eigenvalue weighted by molar-refractivity contribution is -0.108. The van der Waals surface area contributed by atoms with Crippen molar-refractivity contribution in [3.05, 3.63) is 89.5 Å². The summed E-state index contributed by atoms with van der Waals surface area (Å²) >= 11 is 0. The summed E-state index contributed by atoms with van der Waals surface area (Å²) in [5.74, 6) is 1.14. The van der Waals surface area contributed by atoms with Crippen molar-refractivity contribution in [3.8, 4) is 5.75 Å². The Kier molecular flexibility index (Phi) is 7.08. The van der Waals surface area contributed by atoms with E-state index in [-0.39, 0.29) is 18.1 Å². The van der Waals surface area contributed by atoms with Crippen molar-refractivity contribution in [3.63, 3.8) is 0 Å². The first-order valence-electron chi connectivity index (χ1n) is 11.5. The monoisotopic (exact) mass is 442 g/mol. The van der Waals surface area contributed by atoms with Crippen LogP contribution in [0.5, 0.6) is 5.75 Å². The number of nitrogens with one attached hydrogen (secondary N) is 2. The minimum absolute atomic E-state index is 0.0469. The molecule has 33 heavy (non-hydrogen) atoms. The highest BCUT2D eigenvalue weighted by molar-refractivity contribution is 6.00. The molecule has 0 aliphatic heterocycles. The van der Waals surface area contributed by atoms with Crippen LogP contribution in [0.4, 0.5) is 16.2 Å². The van der Waals surface area contributed by atoms with Gasteiger partial charge in [0.25, 0.3) is 0 Å². The number of aryl methyl sites for hydroxylation is 1. The van der Waals surface area contributed by atoms with E-state index in [1.54, 1.807) is 0 Å². The molecule has 5 heteroatoms. The number of hydrogen-bond acceptors (Lipinski definition) is 3. The summed E-state index contributed by atoms with van der Waals surface area (Å²) in [7, 11) is 0. The number of ether oxygens (including phenoxy) is 1. The molecule has 1 aliphatic rings. The lowest BCUT2D eigenvalue weighted by Crippen LogP contribution is -2.20. The Hall–Kier alpha value is -3.60. The molecule has 170 valence electrons. The highest BCUT2D eigenvalue weighted by Gasteiger charge is 2.34. The molecular formula is C28H30N2O3. The van der Waals surface area contributed by atoms with Crippen molar-refractivity contribution in [1.82, 2.24) is 0 Å². The molecule has 3 aromatic rings. The first-order valence-corrected chi connectivity index (χ1v) is 11.5. The van der Waals surface area contributed by atoms with Crippen LogP contribution in [0.2, 0.25) is 0 Å². The second kappa shape index (κ2) is 10.3. The van der Waals surface area contributed by atoms with E-state index in [1.807, 2.05) is 74.5 Å². The topological polar surface area (TPSA) is 67.4 Å². The van der Waals surface area contributed by atoms with E-state index < -0.39 is 0 Å². The van der Waals surface area contributed by atoms with Gasteiger partial charge in [0.05, 0.1) is 5.69 Å². The minimum atomic E-state index is -0.341. The highest BCUT2D eigenvalue weighted by Crippen LogP contribution is 2.45. The lowest BCUT2D eigenvalue weighted by Gasteiger charge is -2.23. The Morgan fingerprint density at radius 3 is 2.39 bits per heavy atom. The smallest absolute Gasteiger partial charge is 0.323 e. The number of carbonyl (C=O) groups is 2. The van der Waals surface area contributed by atoms with Gasteiger partial charge < -0.3 is 20.2 Å². The molecule has 0 saturated heterocycles. The third-order valence-corrected chi connectivity index (χ3v) is 6.01. The zero-order chi connectivity index (χ0) is 23.2. The van der Waals surface area contributed by atoms with E-state index in [9.17, 15) is 9.59 Å². The molecule has 1 fully saturated rings. The lowest BCUT2D eigenvalue weighted by atomic mass is 9.97. The Bertz CT molecular complexity index is 1090. The molecule has 0 bridgehead atoms. The van der Waals surface area contributed by atoms with Gasteiger partial charge in [0.2, 0.25) is 0 Å². The number of hydrogen-bond donors (Lipinski definition) is 2. The van der Waals surface area contributed by atoms with Crippen LogP contribution >= 0.6 is 0 Å². The van der Waals surface area contributed by atoms with Crippen LogP contribution in [0.25, 0.3) is 0 Å². The minimum Gasteiger partial charge on any atom is -0.483 e. The largest absolute Gasteiger partial charge is 0.483 e. The molecule has 4 rings (SSSR count). The molecule has 2 unspecified atom stereocenters. The summed E-state index contributed by atoms with van der Waals surface area (Å²) in [6, 6.07) is 23.3. The number of rotatable bonds is 9. The quantitative estimate of drug-likeness (QED) is 0.356. The van der Waals surface area contributed by atoms with Crippen molar-refractivity contribution in [2.75, 3.05) is 10.6 Å². The second-order valence-corrected chi connectivity index (χ2v) is 8.79. The SMILES string of the molecule is Cc1ccc(NC(=O)Nc2cc(C(C)CC=O)ccc2OC(c2ccccc2)C2CC2)cc1. The van der Waals surface area contributed by atoms with E-state index in [0.717, 1.165) is 35.8 Å². The number of urea groups is 1. The fourth-order valence-electron chi connectivity index (χ4n) is 3.87. The molecular weight excluding hydrogens is 412 g/mol. The molecule has 2 N–H and O–H groups in total. The normalized spacial score (nSPS) is 14.7. The van der Waals surface area contributed by atoms with E-state index in [1.165, 1.54) is 0 Å². The Morgan fingerprint density at radius 2 is 1.73 bits per heavy atom. The molecule has 5 nitrogen and oxygen atoms in total. The molecule has 2 amide bonds. The first kappa shape index (κ1) is 22.6. The maximum atomic E-state index is 12.8. The van der Waals surface area contributed by atoms with Crippen molar-refractivity contribution in [2.24, 2.45) is 5.92 Å². The van der Waals surface area contributed by atoms with E-state index in [4.69, 9.17) is 4.74 Å². The maximum absolute atomic E-state index is 12.8. The Labute approximate surface area is 195 Å². The Balaban J connectivity index is 1.59. The van der Waals surface area contributed by atoms with Gasteiger partial charge in [0.15, 0.2) is 0 Å². The summed E-state index contributed by atoms with van der Waals surface area (Å²) in [5, 5.41) is 5.84. The standard InChI is InChI=1S/C28H30N2O3/c1-19-8-13-24(14-9-19)29-28(32)30-25-18-23(20(2)16-17-31)12-15-26(25)33-27(22-10-11-22)21-6-4-3-5-7-21/h3-9,12-15,17-18,20,22,27H,10-11,16H2,1-2H3,(H2,29,30,32). The van der Waals surface area contributed by atoms with Gasteiger partial charge in [-0.05, 0) is 61.1 Å². The van der Waals surface area contributed by atoms with Gasteiger partial charge in [-0.25, -0.2) is 4.79 Å². The zero-order valence-corrected chi connectivity index (χ0v) is 19.1. The Morgan fingerprint density at radius 1 is 1.00 bits per heavy atom. The highest BCUT2D eigenvalue weighted by atomic mass is 16.5. The molecule has 0 spiro atoms. The summed E-state index contributed by atoms with van der Waals surface area (Å²) in [6.45, 7) is 4.00. The van der Waals surface area contributed by atoms with E-state index in [2.05, 4.69) is 22.8 Å². The molecule has 0 heterocycles. The molecule has 3 aromatic carbocycles. The van der Waals surface area contributed by atoms with Crippen LogP contribution in [0.3, 0.4) is 0 Å². The average Bonchev–Trinajstić information content (AvgIpc) is 3.66. The van der Waals surface area contributed by atoms with Crippen LogP contribution in [0.15, 0.2) is 72.8 Å². The van der Waals surface area contributed by atoms with Gasteiger partial charge in [-0.2, -0.15) is 0 Å². The van der Waals surface area contributed by atoms with Crippen LogP contribution in [-0.2, 0) is 4.79 Å². The van der Waals surface area contributed by atoms with Crippen molar-refractivity contribution < 1.29 is 14.3 Å². The number of carbonyl (C=O) groups excluding carboxylic acids is 2. The predicted molar refractivity (Wildman–Crippen MR) is 132 cm³/mol. The van der Waals surface area contributed by atoms with Crippen LogP contribution in [-0.4, -0.2) is 12.3 Å². The molecule has 0 radical (unpaired) electrons. The van der Waals surface area contributed by atoms with E-state index in [0.29, 0.717) is 29.5 Å². The van der Waals surface area contributed by atoms with Gasteiger partial charge in [0, 0.05) is 18.0 Å². The second-order valence-electron chi connectivity index (χ2n) is 8.79. The van der Waals surface area contributed by atoms with Crippen molar-refractivity contribution in [1.29, 1.82) is 0 Å². The average molecular weight is 443 g/mol. The fourth-order valence-corrected chi connectivity index (χ4v) is 3.87. The predicted octanol–water partition coefficient (Wildman–Crippen LogP) is 6.86. The fraction of sp³-hybridized carbons (Fsp3) is 0.286. The van der Waals surface area contributed by atoms with Crippen molar-refractivity contribution >= 4 is 23.7 Å². The number of anilines is 2. The van der Waals surface area contributed by atoms with Crippen LogP contribution in [0.1, 0.15) is 54.9 Å². The molecule has 1 aliphatic carbocycles. The summed E-state index contributed by atoms with van der Waals surface area (Å²) in [6.07, 6.45) is 3.54. The van der Waals surface area contributed by atoms with Crippen LogP contribution < -0.4 is 15.4 Å². The first-order chi connectivity index (χ1) is 16.0. The number of amides is 2. The summed E-state index contributed by atoms with van der Waals surface area (Å²) < 4.78 is 6.51. The molecule has 0 aromatic heterocycles.